The second-order valence-corrected chi connectivity index (χ2v) is 4.61. The summed E-state index contributed by atoms with van der Waals surface area (Å²) in [5, 5.41) is 3.23. The van der Waals surface area contributed by atoms with Crippen molar-refractivity contribution in [3.05, 3.63) is 35.6 Å². The predicted octanol–water partition coefficient (Wildman–Crippen LogP) is 1.58. The monoisotopic (exact) mass is 250 g/mol. The van der Waals surface area contributed by atoms with Gasteiger partial charge in [0.05, 0.1) is 0 Å². The fraction of sp³-hybridized carbons (Fsp3) is 0.500. The zero-order chi connectivity index (χ0) is 12.8. The van der Waals surface area contributed by atoms with Gasteiger partial charge >= 0.3 is 0 Å². The lowest BCUT2D eigenvalue weighted by atomic mass is 10.1. The highest BCUT2D eigenvalue weighted by Gasteiger charge is 2.15. The third kappa shape index (κ3) is 3.81. The quantitative estimate of drug-likeness (QED) is 0.880. The summed E-state index contributed by atoms with van der Waals surface area (Å²) in [7, 11) is 0. The molecule has 0 unspecified atom stereocenters. The molecule has 0 spiro atoms. The molecule has 1 aliphatic heterocycles. The van der Waals surface area contributed by atoms with Gasteiger partial charge in [-0.25, -0.2) is 4.39 Å². The largest absolute Gasteiger partial charge is 0.340 e. The number of rotatable bonds is 4. The lowest BCUT2D eigenvalue weighted by molar-refractivity contribution is -0.131. The van der Waals surface area contributed by atoms with Gasteiger partial charge in [0.1, 0.15) is 5.82 Å². The van der Waals surface area contributed by atoms with E-state index in [0.29, 0.717) is 6.42 Å². The molecule has 0 bridgehead atoms. The zero-order valence-corrected chi connectivity index (χ0v) is 10.5. The van der Waals surface area contributed by atoms with Crippen LogP contribution in [0.5, 0.6) is 0 Å². The molecular formula is C14H19FN2O. The highest BCUT2D eigenvalue weighted by atomic mass is 19.1. The fourth-order valence-corrected chi connectivity index (χ4v) is 2.17. The molecule has 0 aliphatic carbocycles. The van der Waals surface area contributed by atoms with Gasteiger partial charge in [-0.1, -0.05) is 12.1 Å². The molecule has 0 radical (unpaired) electrons. The summed E-state index contributed by atoms with van der Waals surface area (Å²) in [6, 6.07) is 6.50. The van der Waals surface area contributed by atoms with Crippen molar-refractivity contribution in [2.45, 2.75) is 19.3 Å². The van der Waals surface area contributed by atoms with Gasteiger partial charge in [-0.05, 0) is 30.5 Å². The van der Waals surface area contributed by atoms with Crippen molar-refractivity contribution in [2.24, 2.45) is 0 Å². The van der Waals surface area contributed by atoms with Gasteiger partial charge in [0.15, 0.2) is 0 Å². The normalized spacial score (nSPS) is 15.7. The molecule has 0 aromatic heterocycles. The summed E-state index contributed by atoms with van der Waals surface area (Å²) in [5.41, 5.74) is 1.09. The Morgan fingerprint density at radius 1 is 1.22 bits per heavy atom. The average molecular weight is 250 g/mol. The Bertz CT molecular complexity index is 385. The lowest BCUT2D eigenvalue weighted by Gasteiger charge is -2.27. The van der Waals surface area contributed by atoms with Crippen molar-refractivity contribution in [3.8, 4) is 0 Å². The number of amides is 1. The summed E-state index contributed by atoms with van der Waals surface area (Å²) in [4.78, 5) is 13.8. The number of hydrogen-bond donors (Lipinski definition) is 1. The molecular weight excluding hydrogens is 231 g/mol. The smallest absolute Gasteiger partial charge is 0.222 e. The molecule has 1 saturated heterocycles. The van der Waals surface area contributed by atoms with Gasteiger partial charge in [-0.2, -0.15) is 0 Å². The number of halogens is 1. The summed E-state index contributed by atoms with van der Waals surface area (Å²) in [6.07, 6.45) is 2.24. The van der Waals surface area contributed by atoms with Crippen LogP contribution in [0.15, 0.2) is 24.3 Å². The van der Waals surface area contributed by atoms with Crippen LogP contribution in [0.2, 0.25) is 0 Å². The number of piperazine rings is 1. The van der Waals surface area contributed by atoms with E-state index in [2.05, 4.69) is 5.32 Å². The minimum atomic E-state index is -0.212. The van der Waals surface area contributed by atoms with E-state index in [1.807, 2.05) is 4.90 Å². The molecule has 1 heterocycles. The van der Waals surface area contributed by atoms with Crippen molar-refractivity contribution in [1.82, 2.24) is 10.2 Å². The molecule has 1 aliphatic rings. The molecule has 0 atom stereocenters. The molecule has 1 aromatic carbocycles. The summed E-state index contributed by atoms with van der Waals surface area (Å²) in [5.74, 6) is 0.0225. The molecule has 18 heavy (non-hydrogen) atoms. The van der Waals surface area contributed by atoms with Crippen LogP contribution in [-0.4, -0.2) is 37.0 Å². The highest BCUT2D eigenvalue weighted by Crippen LogP contribution is 2.08. The highest BCUT2D eigenvalue weighted by molar-refractivity contribution is 5.76. The molecule has 98 valence electrons. The first-order valence-corrected chi connectivity index (χ1v) is 6.48. The Kier molecular flexibility index (Phi) is 4.70. The number of nitrogens with one attached hydrogen (secondary N) is 1. The van der Waals surface area contributed by atoms with E-state index in [1.165, 1.54) is 12.1 Å². The van der Waals surface area contributed by atoms with E-state index < -0.39 is 0 Å². The van der Waals surface area contributed by atoms with Crippen LogP contribution in [0.1, 0.15) is 18.4 Å². The van der Waals surface area contributed by atoms with Crippen LogP contribution in [0.3, 0.4) is 0 Å². The molecule has 1 aromatic rings. The topological polar surface area (TPSA) is 32.3 Å². The molecule has 1 fully saturated rings. The van der Waals surface area contributed by atoms with Gasteiger partial charge in [-0.15, -0.1) is 0 Å². The third-order valence-electron chi connectivity index (χ3n) is 3.24. The van der Waals surface area contributed by atoms with Gasteiger partial charge in [-0.3, -0.25) is 4.79 Å². The number of hydrogen-bond acceptors (Lipinski definition) is 2. The average Bonchev–Trinajstić information content (AvgIpc) is 2.42. The van der Waals surface area contributed by atoms with E-state index in [9.17, 15) is 9.18 Å². The van der Waals surface area contributed by atoms with Crippen molar-refractivity contribution in [3.63, 3.8) is 0 Å². The van der Waals surface area contributed by atoms with Crippen LogP contribution >= 0.6 is 0 Å². The minimum absolute atomic E-state index is 0.212. The first-order chi connectivity index (χ1) is 8.75. The molecule has 1 N–H and O–H groups in total. The summed E-state index contributed by atoms with van der Waals surface area (Å²) in [6.45, 7) is 3.41. The second kappa shape index (κ2) is 6.50. The zero-order valence-electron chi connectivity index (χ0n) is 10.5. The number of benzene rings is 1. The fourth-order valence-electron chi connectivity index (χ4n) is 2.17. The SMILES string of the molecule is O=C(CCCc1ccc(F)cc1)N1CCNCC1. The van der Waals surface area contributed by atoms with Crippen LogP contribution in [0.25, 0.3) is 0 Å². The molecule has 1 amide bonds. The van der Waals surface area contributed by atoms with Gasteiger partial charge in [0, 0.05) is 32.6 Å². The second-order valence-electron chi connectivity index (χ2n) is 4.61. The van der Waals surface area contributed by atoms with Crippen molar-refractivity contribution >= 4 is 5.91 Å². The summed E-state index contributed by atoms with van der Waals surface area (Å²) < 4.78 is 12.7. The Morgan fingerprint density at radius 2 is 1.89 bits per heavy atom. The van der Waals surface area contributed by atoms with E-state index in [0.717, 1.165) is 44.6 Å². The van der Waals surface area contributed by atoms with E-state index in [-0.39, 0.29) is 11.7 Å². The maximum absolute atomic E-state index is 12.7. The maximum Gasteiger partial charge on any atom is 0.222 e. The Balaban J connectivity index is 1.71. The Labute approximate surface area is 107 Å². The first kappa shape index (κ1) is 13.0. The van der Waals surface area contributed by atoms with E-state index in [1.54, 1.807) is 12.1 Å². The van der Waals surface area contributed by atoms with Gasteiger partial charge in [0.2, 0.25) is 5.91 Å². The third-order valence-corrected chi connectivity index (χ3v) is 3.24. The number of carbonyl (C=O) groups excluding carboxylic acids is 1. The van der Waals surface area contributed by atoms with Gasteiger partial charge < -0.3 is 10.2 Å². The molecule has 0 saturated carbocycles. The standard InChI is InChI=1S/C14H19FN2O/c15-13-6-4-12(5-7-13)2-1-3-14(18)17-10-8-16-9-11-17/h4-7,16H,1-3,8-11H2. The van der Waals surface area contributed by atoms with Crippen LogP contribution in [0.4, 0.5) is 4.39 Å². The number of carbonyl (C=O) groups is 1. The molecule has 3 nitrogen and oxygen atoms in total. The van der Waals surface area contributed by atoms with Crippen LogP contribution in [0, 0.1) is 5.82 Å². The Hall–Kier alpha value is -1.42. The van der Waals surface area contributed by atoms with Crippen LogP contribution < -0.4 is 5.32 Å². The number of nitrogens with zero attached hydrogens (tertiary/aromatic N) is 1. The van der Waals surface area contributed by atoms with Crippen molar-refractivity contribution < 1.29 is 9.18 Å². The first-order valence-electron chi connectivity index (χ1n) is 6.48. The number of aryl methyl sites for hydroxylation is 1. The minimum Gasteiger partial charge on any atom is -0.340 e. The Morgan fingerprint density at radius 3 is 2.56 bits per heavy atom. The van der Waals surface area contributed by atoms with Crippen molar-refractivity contribution in [1.29, 1.82) is 0 Å². The van der Waals surface area contributed by atoms with E-state index in [4.69, 9.17) is 0 Å². The predicted molar refractivity (Wildman–Crippen MR) is 68.8 cm³/mol. The maximum atomic E-state index is 12.7. The molecule has 2 rings (SSSR count). The van der Waals surface area contributed by atoms with E-state index >= 15 is 0 Å². The molecule has 4 heteroatoms. The van der Waals surface area contributed by atoms with Gasteiger partial charge in [0.25, 0.3) is 0 Å². The summed E-state index contributed by atoms with van der Waals surface area (Å²) >= 11 is 0. The van der Waals surface area contributed by atoms with Crippen molar-refractivity contribution in [2.75, 3.05) is 26.2 Å². The lowest BCUT2D eigenvalue weighted by Crippen LogP contribution is -2.46. The van der Waals surface area contributed by atoms with Crippen LogP contribution in [-0.2, 0) is 11.2 Å².